The zero-order valence-corrected chi connectivity index (χ0v) is 10.3. The predicted octanol–water partition coefficient (Wildman–Crippen LogP) is 2.45. The fourth-order valence-electron chi connectivity index (χ4n) is 1.27. The van der Waals surface area contributed by atoms with E-state index >= 15 is 0 Å². The van der Waals surface area contributed by atoms with Crippen molar-refractivity contribution in [1.29, 1.82) is 0 Å². The Morgan fingerprint density at radius 1 is 1.59 bits per heavy atom. The summed E-state index contributed by atoms with van der Waals surface area (Å²) in [5.41, 5.74) is 5.99. The molecule has 0 bridgehead atoms. The first-order chi connectivity index (χ1) is 7.99. The number of anilines is 1. The number of aromatic carboxylic acids is 1. The molecule has 5 nitrogen and oxygen atoms in total. The van der Waals surface area contributed by atoms with Crippen molar-refractivity contribution in [3.05, 3.63) is 27.9 Å². The van der Waals surface area contributed by atoms with E-state index in [1.165, 1.54) is 17.4 Å². The molecule has 7 heteroatoms. The number of aromatic nitrogens is 2. The van der Waals surface area contributed by atoms with E-state index in [1.54, 1.807) is 6.20 Å². The van der Waals surface area contributed by atoms with E-state index in [9.17, 15) is 4.79 Å². The van der Waals surface area contributed by atoms with Crippen molar-refractivity contribution in [2.75, 3.05) is 5.73 Å². The number of nitrogens with zero attached hydrogens (tertiary/aromatic N) is 2. The second-order valence-electron chi connectivity index (χ2n) is 3.34. The van der Waals surface area contributed by atoms with Crippen LogP contribution in [0.25, 0.3) is 10.7 Å². The highest BCUT2D eigenvalue weighted by Gasteiger charge is 2.17. The third-order valence-electron chi connectivity index (χ3n) is 2.03. The number of nitrogen functional groups attached to an aromatic ring is 1. The molecule has 0 radical (unpaired) electrons. The van der Waals surface area contributed by atoms with Crippen LogP contribution in [0.4, 0.5) is 5.69 Å². The van der Waals surface area contributed by atoms with Crippen molar-refractivity contribution >= 4 is 34.6 Å². The maximum Gasteiger partial charge on any atom is 0.356 e. The van der Waals surface area contributed by atoms with Crippen LogP contribution in [0.5, 0.6) is 0 Å². The van der Waals surface area contributed by atoms with Crippen LogP contribution in [0.3, 0.4) is 0 Å². The van der Waals surface area contributed by atoms with Crippen LogP contribution < -0.4 is 5.73 Å². The Hall–Kier alpha value is -1.66. The molecular formula is C10H8ClN3O2S. The fourth-order valence-corrected chi connectivity index (χ4v) is 2.18. The molecule has 2 heterocycles. The molecule has 2 aromatic heterocycles. The summed E-state index contributed by atoms with van der Waals surface area (Å²) in [7, 11) is 0. The molecule has 2 rings (SSSR count). The van der Waals surface area contributed by atoms with E-state index < -0.39 is 5.97 Å². The maximum absolute atomic E-state index is 10.9. The van der Waals surface area contributed by atoms with E-state index in [0.717, 1.165) is 4.88 Å². The number of halogens is 1. The molecule has 88 valence electrons. The van der Waals surface area contributed by atoms with Gasteiger partial charge in [-0.2, -0.15) is 0 Å². The molecule has 2 aromatic rings. The van der Waals surface area contributed by atoms with Gasteiger partial charge in [0.15, 0.2) is 5.69 Å². The van der Waals surface area contributed by atoms with Gasteiger partial charge >= 0.3 is 5.97 Å². The lowest BCUT2D eigenvalue weighted by atomic mass is 10.2. The number of carbonyl (C=O) groups is 1. The van der Waals surface area contributed by atoms with Crippen molar-refractivity contribution in [2.45, 2.75) is 6.92 Å². The number of thiazole rings is 1. The van der Waals surface area contributed by atoms with Crippen molar-refractivity contribution in [2.24, 2.45) is 0 Å². The minimum absolute atomic E-state index is 0.0467. The van der Waals surface area contributed by atoms with Gasteiger partial charge in [0.1, 0.15) is 10.7 Å². The topological polar surface area (TPSA) is 89.1 Å². The highest BCUT2D eigenvalue weighted by Crippen LogP contribution is 2.29. The van der Waals surface area contributed by atoms with Gasteiger partial charge in [0, 0.05) is 11.1 Å². The van der Waals surface area contributed by atoms with Gasteiger partial charge in [-0.25, -0.2) is 14.8 Å². The summed E-state index contributed by atoms with van der Waals surface area (Å²) in [6.45, 7) is 1.90. The summed E-state index contributed by atoms with van der Waals surface area (Å²) >= 11 is 7.18. The predicted molar refractivity (Wildman–Crippen MR) is 66.5 cm³/mol. The van der Waals surface area contributed by atoms with E-state index in [2.05, 4.69) is 9.97 Å². The molecular weight excluding hydrogens is 262 g/mol. The van der Waals surface area contributed by atoms with Crippen LogP contribution in [0.15, 0.2) is 12.3 Å². The van der Waals surface area contributed by atoms with Crippen LogP contribution in [0.2, 0.25) is 5.02 Å². The number of carboxylic acid groups (broad SMARTS) is 1. The van der Waals surface area contributed by atoms with E-state index in [0.29, 0.717) is 10.7 Å². The number of aryl methyl sites for hydroxylation is 1. The number of carboxylic acids is 1. The van der Waals surface area contributed by atoms with Gasteiger partial charge in [-0.05, 0) is 13.0 Å². The third kappa shape index (κ3) is 2.22. The average molecular weight is 270 g/mol. The van der Waals surface area contributed by atoms with Crippen LogP contribution in [0, 0.1) is 6.92 Å². The smallest absolute Gasteiger partial charge is 0.356 e. The Morgan fingerprint density at radius 3 is 2.82 bits per heavy atom. The van der Waals surface area contributed by atoms with Gasteiger partial charge in [-0.1, -0.05) is 11.6 Å². The van der Waals surface area contributed by atoms with Gasteiger partial charge in [0.2, 0.25) is 0 Å². The van der Waals surface area contributed by atoms with E-state index in [4.69, 9.17) is 22.4 Å². The summed E-state index contributed by atoms with van der Waals surface area (Å²) < 4.78 is 0. The number of pyridine rings is 1. The lowest BCUT2D eigenvalue weighted by Gasteiger charge is -2.04. The SMILES string of the molecule is Cc1cnc(-c2cc(N)c(Cl)c(C(=O)O)n2)s1. The van der Waals surface area contributed by atoms with Gasteiger partial charge in [-0.3, -0.25) is 0 Å². The second kappa shape index (κ2) is 4.31. The van der Waals surface area contributed by atoms with Gasteiger partial charge in [0.05, 0.1) is 10.7 Å². The molecule has 0 saturated heterocycles. The Kier molecular flexibility index (Phi) is 2.99. The Labute approximate surface area is 106 Å². The summed E-state index contributed by atoms with van der Waals surface area (Å²) in [6.07, 6.45) is 1.69. The average Bonchev–Trinajstić information content (AvgIpc) is 2.68. The highest BCUT2D eigenvalue weighted by atomic mass is 35.5. The molecule has 3 N–H and O–H groups in total. The fraction of sp³-hybridized carbons (Fsp3) is 0.100. The van der Waals surface area contributed by atoms with Crippen LogP contribution >= 0.6 is 22.9 Å². The van der Waals surface area contributed by atoms with Crippen molar-refractivity contribution < 1.29 is 9.90 Å². The summed E-state index contributed by atoms with van der Waals surface area (Å²) in [5, 5.41) is 9.52. The number of rotatable bonds is 2. The van der Waals surface area contributed by atoms with Crippen LogP contribution in [0.1, 0.15) is 15.4 Å². The van der Waals surface area contributed by atoms with Gasteiger partial charge < -0.3 is 10.8 Å². The normalized spacial score (nSPS) is 10.5. The van der Waals surface area contributed by atoms with Gasteiger partial charge in [-0.15, -0.1) is 11.3 Å². The Balaban J connectivity index is 2.60. The van der Waals surface area contributed by atoms with Crippen LogP contribution in [-0.2, 0) is 0 Å². The lowest BCUT2D eigenvalue weighted by Crippen LogP contribution is -2.05. The Morgan fingerprint density at radius 2 is 2.29 bits per heavy atom. The summed E-state index contributed by atoms with van der Waals surface area (Å²) in [6, 6.07) is 1.52. The number of nitrogens with two attached hydrogens (primary N) is 1. The molecule has 0 saturated carbocycles. The van der Waals surface area contributed by atoms with Crippen molar-refractivity contribution in [3.63, 3.8) is 0 Å². The molecule has 0 atom stereocenters. The lowest BCUT2D eigenvalue weighted by molar-refractivity contribution is 0.0691. The molecule has 0 aromatic carbocycles. The molecule has 0 aliphatic carbocycles. The molecule has 0 amide bonds. The van der Waals surface area contributed by atoms with Crippen LogP contribution in [-0.4, -0.2) is 21.0 Å². The second-order valence-corrected chi connectivity index (χ2v) is 4.95. The minimum atomic E-state index is -1.21. The van der Waals surface area contributed by atoms with E-state index in [1.807, 2.05) is 6.92 Å². The largest absolute Gasteiger partial charge is 0.476 e. The molecule has 0 unspecified atom stereocenters. The van der Waals surface area contributed by atoms with E-state index in [-0.39, 0.29) is 16.4 Å². The van der Waals surface area contributed by atoms with Gasteiger partial charge in [0.25, 0.3) is 0 Å². The first kappa shape index (κ1) is 11.8. The monoisotopic (exact) mass is 269 g/mol. The molecule has 0 fully saturated rings. The highest BCUT2D eigenvalue weighted by molar-refractivity contribution is 7.14. The first-order valence-corrected chi connectivity index (χ1v) is 5.80. The number of hydrogen-bond donors (Lipinski definition) is 2. The van der Waals surface area contributed by atoms with Crippen molar-refractivity contribution in [3.8, 4) is 10.7 Å². The summed E-state index contributed by atoms with van der Waals surface area (Å²) in [5.74, 6) is -1.21. The standard InChI is InChI=1S/C10H8ClN3O2S/c1-4-3-13-9(17-4)6-2-5(12)7(11)8(14-6)10(15)16/h2-3H,1H3,(H2,12,14)(H,15,16). The molecule has 0 aliphatic heterocycles. The minimum Gasteiger partial charge on any atom is -0.476 e. The molecule has 0 spiro atoms. The zero-order valence-electron chi connectivity index (χ0n) is 8.77. The number of hydrogen-bond acceptors (Lipinski definition) is 5. The van der Waals surface area contributed by atoms with Crippen molar-refractivity contribution in [1.82, 2.24) is 9.97 Å². The zero-order chi connectivity index (χ0) is 12.6. The summed E-state index contributed by atoms with van der Waals surface area (Å²) in [4.78, 5) is 20.0. The molecule has 17 heavy (non-hydrogen) atoms. The Bertz CT molecular complexity index is 597. The first-order valence-electron chi connectivity index (χ1n) is 4.61. The third-order valence-corrected chi connectivity index (χ3v) is 3.36. The molecule has 0 aliphatic rings. The maximum atomic E-state index is 10.9. The quantitative estimate of drug-likeness (QED) is 0.874.